The molecule has 1 aliphatic heterocycles. The Morgan fingerprint density at radius 3 is 2.38 bits per heavy atom. The van der Waals surface area contributed by atoms with Crippen molar-refractivity contribution in [1.82, 2.24) is 19.7 Å². The summed E-state index contributed by atoms with van der Waals surface area (Å²) in [6, 6.07) is 18.2. The average molecular weight is 407 g/mol. The second-order valence-corrected chi connectivity index (χ2v) is 8.55. The van der Waals surface area contributed by atoms with Crippen LogP contribution < -0.4 is 0 Å². The standard InChI is InChI=1S/C23H26N4OS/c1-17-11-7-8-14-19(17)21-24-25-23(26(21)2)29-20(18-12-5-3-6-13-18)22(28)27-15-9-4-10-16-27/h3,5-8,11-14,20H,4,9-10,15-16H2,1-2H3. The quantitative estimate of drug-likeness (QED) is 0.580. The number of aromatic nitrogens is 3. The molecule has 4 rings (SSSR count). The van der Waals surface area contributed by atoms with E-state index in [1.165, 1.54) is 18.2 Å². The number of carbonyl (C=O) groups excluding carboxylic acids is 1. The summed E-state index contributed by atoms with van der Waals surface area (Å²) in [5, 5.41) is 9.30. The van der Waals surface area contributed by atoms with E-state index in [0.29, 0.717) is 0 Å². The smallest absolute Gasteiger partial charge is 0.240 e. The largest absolute Gasteiger partial charge is 0.341 e. The molecule has 150 valence electrons. The number of rotatable bonds is 5. The first-order chi connectivity index (χ1) is 14.1. The Balaban J connectivity index is 1.65. The molecule has 0 radical (unpaired) electrons. The Labute approximate surface area is 176 Å². The van der Waals surface area contributed by atoms with Crippen molar-refractivity contribution in [2.24, 2.45) is 7.05 Å². The molecule has 0 spiro atoms. The fourth-order valence-electron chi connectivity index (χ4n) is 3.75. The molecule has 1 unspecified atom stereocenters. The van der Waals surface area contributed by atoms with E-state index in [4.69, 9.17) is 0 Å². The van der Waals surface area contributed by atoms with Crippen molar-refractivity contribution in [1.29, 1.82) is 0 Å². The van der Waals surface area contributed by atoms with Crippen LogP contribution in [0.2, 0.25) is 0 Å². The zero-order valence-electron chi connectivity index (χ0n) is 16.9. The van der Waals surface area contributed by atoms with Gasteiger partial charge in [0, 0.05) is 25.7 Å². The number of hydrogen-bond donors (Lipinski definition) is 0. The van der Waals surface area contributed by atoms with Gasteiger partial charge in [-0.15, -0.1) is 10.2 Å². The first kappa shape index (κ1) is 19.7. The number of carbonyl (C=O) groups is 1. The minimum Gasteiger partial charge on any atom is -0.341 e. The van der Waals surface area contributed by atoms with E-state index in [2.05, 4.69) is 29.3 Å². The van der Waals surface area contributed by atoms with E-state index in [1.54, 1.807) is 0 Å². The monoisotopic (exact) mass is 406 g/mol. The summed E-state index contributed by atoms with van der Waals surface area (Å²) in [5.41, 5.74) is 3.23. The lowest BCUT2D eigenvalue weighted by atomic mass is 10.1. The summed E-state index contributed by atoms with van der Waals surface area (Å²) in [7, 11) is 1.97. The van der Waals surface area contributed by atoms with Gasteiger partial charge in [0.15, 0.2) is 11.0 Å². The third-order valence-electron chi connectivity index (χ3n) is 5.44. The predicted molar refractivity (Wildman–Crippen MR) is 117 cm³/mol. The molecule has 1 saturated heterocycles. The van der Waals surface area contributed by atoms with Gasteiger partial charge >= 0.3 is 0 Å². The molecule has 1 atom stereocenters. The first-order valence-electron chi connectivity index (χ1n) is 10.1. The van der Waals surface area contributed by atoms with Gasteiger partial charge in [-0.2, -0.15) is 0 Å². The van der Waals surface area contributed by atoms with Crippen molar-refractivity contribution in [3.8, 4) is 11.4 Å². The average Bonchev–Trinajstić information content (AvgIpc) is 3.13. The molecule has 1 fully saturated rings. The van der Waals surface area contributed by atoms with Crippen LogP contribution in [0, 0.1) is 6.92 Å². The van der Waals surface area contributed by atoms with Crippen LogP contribution >= 0.6 is 11.8 Å². The number of hydrogen-bond acceptors (Lipinski definition) is 4. The van der Waals surface area contributed by atoms with E-state index in [1.807, 2.05) is 59.0 Å². The maximum absolute atomic E-state index is 13.4. The van der Waals surface area contributed by atoms with E-state index >= 15 is 0 Å². The van der Waals surface area contributed by atoms with Gasteiger partial charge in [-0.3, -0.25) is 4.79 Å². The number of nitrogens with zero attached hydrogens (tertiary/aromatic N) is 4. The van der Waals surface area contributed by atoms with Crippen LogP contribution in [-0.2, 0) is 11.8 Å². The van der Waals surface area contributed by atoms with Crippen LogP contribution in [-0.4, -0.2) is 38.7 Å². The van der Waals surface area contributed by atoms with Gasteiger partial charge in [-0.25, -0.2) is 0 Å². The Morgan fingerprint density at radius 2 is 1.66 bits per heavy atom. The van der Waals surface area contributed by atoms with Crippen LogP contribution in [0.4, 0.5) is 0 Å². The van der Waals surface area contributed by atoms with Crippen LogP contribution in [0.3, 0.4) is 0 Å². The minimum absolute atomic E-state index is 0.168. The Morgan fingerprint density at radius 1 is 0.966 bits per heavy atom. The molecule has 0 bridgehead atoms. The van der Waals surface area contributed by atoms with Crippen LogP contribution in [0.15, 0.2) is 59.8 Å². The summed E-state index contributed by atoms with van der Waals surface area (Å²) in [6.07, 6.45) is 3.37. The first-order valence-corrected chi connectivity index (χ1v) is 11.0. The predicted octanol–water partition coefficient (Wildman–Crippen LogP) is 4.64. The normalized spacial score (nSPS) is 15.3. The van der Waals surface area contributed by atoms with Gasteiger partial charge in [-0.1, -0.05) is 66.4 Å². The van der Waals surface area contributed by atoms with Crippen LogP contribution in [0.5, 0.6) is 0 Å². The molecular formula is C23H26N4OS. The molecule has 1 aliphatic rings. The Kier molecular flexibility index (Phi) is 6.00. The Bertz CT molecular complexity index is 980. The van der Waals surface area contributed by atoms with Crippen LogP contribution in [0.25, 0.3) is 11.4 Å². The van der Waals surface area contributed by atoms with Crippen molar-refractivity contribution >= 4 is 17.7 Å². The number of likely N-dealkylation sites (tertiary alicyclic amines) is 1. The molecule has 3 aromatic rings. The molecule has 29 heavy (non-hydrogen) atoms. The van der Waals surface area contributed by atoms with Gasteiger partial charge in [0.25, 0.3) is 0 Å². The minimum atomic E-state index is -0.318. The summed E-state index contributed by atoms with van der Waals surface area (Å²) in [4.78, 5) is 15.4. The maximum atomic E-state index is 13.4. The second kappa shape index (κ2) is 8.82. The van der Waals surface area contributed by atoms with E-state index in [-0.39, 0.29) is 11.2 Å². The highest BCUT2D eigenvalue weighted by molar-refractivity contribution is 8.00. The maximum Gasteiger partial charge on any atom is 0.240 e. The molecule has 0 saturated carbocycles. The highest BCUT2D eigenvalue weighted by Crippen LogP contribution is 2.37. The highest BCUT2D eigenvalue weighted by atomic mass is 32.2. The fourth-order valence-corrected chi connectivity index (χ4v) is 4.84. The van der Waals surface area contributed by atoms with E-state index in [0.717, 1.165) is 53.6 Å². The van der Waals surface area contributed by atoms with Crippen LogP contribution in [0.1, 0.15) is 35.6 Å². The summed E-state index contributed by atoms with van der Waals surface area (Å²) in [5.74, 6) is 0.990. The van der Waals surface area contributed by atoms with Gasteiger partial charge in [0.2, 0.25) is 5.91 Å². The molecule has 0 aliphatic carbocycles. The highest BCUT2D eigenvalue weighted by Gasteiger charge is 2.29. The topological polar surface area (TPSA) is 51.0 Å². The van der Waals surface area contributed by atoms with Crippen molar-refractivity contribution in [2.75, 3.05) is 13.1 Å². The number of aryl methyl sites for hydroxylation is 1. The third kappa shape index (κ3) is 4.22. The summed E-state index contributed by atoms with van der Waals surface area (Å²) in [6.45, 7) is 3.76. The summed E-state index contributed by atoms with van der Waals surface area (Å²) >= 11 is 1.49. The number of thioether (sulfide) groups is 1. The number of piperidine rings is 1. The molecule has 5 nitrogen and oxygen atoms in total. The van der Waals surface area contributed by atoms with E-state index < -0.39 is 0 Å². The lowest BCUT2D eigenvalue weighted by Gasteiger charge is -2.30. The molecular weight excluding hydrogens is 380 g/mol. The fraction of sp³-hybridized carbons (Fsp3) is 0.348. The third-order valence-corrected chi connectivity index (χ3v) is 6.71. The number of amides is 1. The van der Waals surface area contributed by atoms with Gasteiger partial charge in [-0.05, 0) is 37.3 Å². The SMILES string of the molecule is Cc1ccccc1-c1nnc(SC(C(=O)N2CCCCC2)c2ccccc2)n1C. The van der Waals surface area contributed by atoms with Crippen molar-refractivity contribution in [2.45, 2.75) is 36.6 Å². The lowest BCUT2D eigenvalue weighted by Crippen LogP contribution is -2.38. The Hall–Kier alpha value is -2.60. The second-order valence-electron chi connectivity index (χ2n) is 7.47. The zero-order valence-corrected chi connectivity index (χ0v) is 17.7. The van der Waals surface area contributed by atoms with Crippen molar-refractivity contribution in [3.63, 3.8) is 0 Å². The molecule has 6 heteroatoms. The number of benzene rings is 2. The van der Waals surface area contributed by atoms with Crippen molar-refractivity contribution < 1.29 is 4.79 Å². The summed E-state index contributed by atoms with van der Waals surface area (Å²) < 4.78 is 1.99. The lowest BCUT2D eigenvalue weighted by molar-refractivity contribution is -0.131. The molecule has 1 aromatic heterocycles. The zero-order chi connectivity index (χ0) is 20.2. The van der Waals surface area contributed by atoms with Gasteiger partial charge < -0.3 is 9.47 Å². The van der Waals surface area contributed by atoms with Gasteiger partial charge in [0.1, 0.15) is 5.25 Å². The molecule has 0 N–H and O–H groups in total. The molecule has 1 amide bonds. The molecule has 2 aromatic carbocycles. The van der Waals surface area contributed by atoms with Gasteiger partial charge in [0.05, 0.1) is 0 Å². The molecule has 2 heterocycles. The van der Waals surface area contributed by atoms with Crippen molar-refractivity contribution in [3.05, 3.63) is 65.7 Å². The van der Waals surface area contributed by atoms with E-state index in [9.17, 15) is 4.79 Å².